The molecule has 1 aromatic rings. The van der Waals surface area contributed by atoms with Crippen LogP contribution in [0, 0.1) is 17.3 Å². The second kappa shape index (κ2) is 6.22. The van der Waals surface area contributed by atoms with Gasteiger partial charge >= 0.3 is 0 Å². The van der Waals surface area contributed by atoms with Crippen LogP contribution in [0.2, 0.25) is 0 Å². The van der Waals surface area contributed by atoms with Gasteiger partial charge in [0.25, 0.3) is 0 Å². The van der Waals surface area contributed by atoms with Crippen molar-refractivity contribution in [2.24, 2.45) is 17.3 Å². The van der Waals surface area contributed by atoms with Crippen LogP contribution in [-0.2, 0) is 20.0 Å². The molecule has 0 unspecified atom stereocenters. The average Bonchev–Trinajstić information content (AvgIpc) is 2.99. The van der Waals surface area contributed by atoms with Gasteiger partial charge in [-0.25, -0.2) is 8.42 Å². The molecule has 6 rings (SSSR count). The van der Waals surface area contributed by atoms with E-state index in [1.165, 1.54) is 24.8 Å². The van der Waals surface area contributed by atoms with Gasteiger partial charge in [0, 0.05) is 6.04 Å². The Morgan fingerprint density at radius 1 is 1.11 bits per heavy atom. The van der Waals surface area contributed by atoms with Crippen LogP contribution >= 0.6 is 0 Å². The zero-order chi connectivity index (χ0) is 19.6. The van der Waals surface area contributed by atoms with Crippen molar-refractivity contribution in [1.29, 1.82) is 0 Å². The molecule has 0 radical (unpaired) electrons. The van der Waals surface area contributed by atoms with E-state index in [1.54, 1.807) is 7.11 Å². The molecule has 0 spiro atoms. The zero-order valence-corrected chi connectivity index (χ0v) is 17.3. The van der Waals surface area contributed by atoms with Crippen LogP contribution < -0.4 is 10.1 Å². The number of benzene rings is 1. The van der Waals surface area contributed by atoms with E-state index in [-0.39, 0.29) is 34.3 Å². The van der Waals surface area contributed by atoms with Gasteiger partial charge in [0.05, 0.1) is 24.0 Å². The minimum absolute atomic E-state index is 0.0788. The van der Waals surface area contributed by atoms with E-state index in [9.17, 15) is 13.2 Å². The van der Waals surface area contributed by atoms with Crippen molar-refractivity contribution in [1.82, 2.24) is 5.32 Å². The van der Waals surface area contributed by atoms with Crippen molar-refractivity contribution < 1.29 is 17.9 Å². The summed E-state index contributed by atoms with van der Waals surface area (Å²) < 4.78 is 28.9. The second-order valence-corrected chi connectivity index (χ2v) is 12.1. The molecule has 3 atom stereocenters. The van der Waals surface area contributed by atoms with Gasteiger partial charge in [0.2, 0.25) is 5.91 Å². The van der Waals surface area contributed by atoms with Gasteiger partial charge in [0.1, 0.15) is 5.75 Å². The number of ether oxygens (including phenoxy) is 1. The number of sulfone groups is 1. The van der Waals surface area contributed by atoms with E-state index >= 15 is 0 Å². The van der Waals surface area contributed by atoms with Crippen LogP contribution in [0.25, 0.3) is 0 Å². The van der Waals surface area contributed by atoms with Crippen LogP contribution in [0.1, 0.15) is 50.5 Å². The van der Waals surface area contributed by atoms with Gasteiger partial charge in [-0.3, -0.25) is 4.79 Å². The molecule has 6 heteroatoms. The number of hydrogen-bond donors (Lipinski definition) is 1. The number of rotatable bonds is 4. The second-order valence-electron chi connectivity index (χ2n) is 9.82. The molecule has 1 amide bonds. The van der Waals surface area contributed by atoms with Crippen LogP contribution in [0.5, 0.6) is 5.75 Å². The summed E-state index contributed by atoms with van der Waals surface area (Å²) in [6.45, 7) is 0. The van der Waals surface area contributed by atoms with Gasteiger partial charge in [0.15, 0.2) is 9.84 Å². The molecular formula is C22H29NO4S. The topological polar surface area (TPSA) is 72.5 Å². The molecule has 4 aliphatic carbocycles. The molecule has 4 saturated carbocycles. The molecular weight excluding hydrogens is 374 g/mol. The zero-order valence-electron chi connectivity index (χ0n) is 16.4. The molecule has 1 aliphatic heterocycles. The lowest BCUT2D eigenvalue weighted by Crippen LogP contribution is -2.60. The third-order valence-corrected chi connectivity index (χ3v) is 9.58. The fraction of sp³-hybridized carbons (Fsp3) is 0.682. The van der Waals surface area contributed by atoms with Crippen molar-refractivity contribution in [2.45, 2.75) is 56.4 Å². The number of carbonyl (C=O) groups is 1. The number of nitrogens with one attached hydrogen (secondary N) is 1. The van der Waals surface area contributed by atoms with Crippen molar-refractivity contribution in [3.63, 3.8) is 0 Å². The first-order valence-corrected chi connectivity index (χ1v) is 12.3. The van der Waals surface area contributed by atoms with Gasteiger partial charge in [-0.2, -0.15) is 0 Å². The van der Waals surface area contributed by atoms with Crippen molar-refractivity contribution in [3.05, 3.63) is 29.8 Å². The summed E-state index contributed by atoms with van der Waals surface area (Å²) >= 11 is 0. The molecule has 1 heterocycles. The van der Waals surface area contributed by atoms with Crippen molar-refractivity contribution in [2.75, 3.05) is 18.6 Å². The Balaban J connectivity index is 1.42. The van der Waals surface area contributed by atoms with Crippen LogP contribution in [0.3, 0.4) is 0 Å². The summed E-state index contributed by atoms with van der Waals surface area (Å²) in [6.07, 6.45) is 6.96. The highest BCUT2D eigenvalue weighted by Crippen LogP contribution is 2.65. The summed E-state index contributed by atoms with van der Waals surface area (Å²) in [4.78, 5) is 13.4. The summed E-state index contributed by atoms with van der Waals surface area (Å²) in [7, 11) is -1.30. The van der Waals surface area contributed by atoms with Crippen molar-refractivity contribution in [3.8, 4) is 5.75 Å². The Morgan fingerprint density at radius 3 is 2.36 bits per heavy atom. The van der Waals surface area contributed by atoms with Crippen LogP contribution in [0.4, 0.5) is 0 Å². The Labute approximate surface area is 167 Å². The first kappa shape index (κ1) is 18.5. The third kappa shape index (κ3) is 2.95. The lowest BCUT2D eigenvalue weighted by molar-refractivity contribution is -0.149. The normalized spacial score (nSPS) is 40.4. The maximum Gasteiger partial charge on any atom is 0.226 e. The summed E-state index contributed by atoms with van der Waals surface area (Å²) in [6, 6.07) is 8.22. The Hall–Kier alpha value is -1.56. The molecule has 1 N–H and O–H groups in total. The lowest BCUT2D eigenvalue weighted by Gasteiger charge is -2.61. The first-order chi connectivity index (χ1) is 13.3. The van der Waals surface area contributed by atoms with E-state index in [0.29, 0.717) is 18.3 Å². The quantitative estimate of drug-likeness (QED) is 0.839. The lowest BCUT2D eigenvalue weighted by atomic mass is 9.42. The Morgan fingerprint density at radius 2 is 1.79 bits per heavy atom. The van der Waals surface area contributed by atoms with Crippen LogP contribution in [0.15, 0.2) is 24.3 Å². The van der Waals surface area contributed by atoms with Gasteiger partial charge < -0.3 is 10.1 Å². The van der Waals surface area contributed by atoms with Gasteiger partial charge in [-0.1, -0.05) is 12.1 Å². The minimum atomic E-state index is -2.99. The number of carbonyl (C=O) groups excluding carboxylic acids is 1. The molecule has 5 nitrogen and oxygen atoms in total. The molecule has 1 aromatic carbocycles. The van der Waals surface area contributed by atoms with Crippen molar-refractivity contribution >= 4 is 15.7 Å². The fourth-order valence-electron chi connectivity index (χ4n) is 7.06. The van der Waals surface area contributed by atoms with E-state index < -0.39 is 9.84 Å². The maximum absolute atomic E-state index is 13.4. The summed E-state index contributed by atoms with van der Waals surface area (Å²) in [5.74, 6) is 2.48. The van der Waals surface area contributed by atoms with E-state index in [2.05, 4.69) is 17.4 Å². The van der Waals surface area contributed by atoms with Gasteiger partial charge in [-0.05, 0) is 79.9 Å². The highest BCUT2D eigenvalue weighted by Gasteiger charge is 2.61. The highest BCUT2D eigenvalue weighted by molar-refractivity contribution is 7.91. The minimum Gasteiger partial charge on any atom is -0.497 e. The molecule has 152 valence electrons. The molecule has 1 saturated heterocycles. The molecule has 28 heavy (non-hydrogen) atoms. The monoisotopic (exact) mass is 403 g/mol. The Bertz CT molecular complexity index is 878. The van der Waals surface area contributed by atoms with E-state index in [4.69, 9.17) is 4.74 Å². The predicted octanol–water partition coefficient (Wildman–Crippen LogP) is 2.84. The standard InChI is InChI=1S/C22H29NO4S/c1-27-19-4-2-17(3-5-19)21-9-15-8-16(10-21)12-22(11-15,14-21)20(24)23-18-6-7-28(25,26)13-18/h2-5,15-16,18H,6-14H2,1H3,(H,23,24)/t15-,16-,18-,21?,22?/m1/s1. The Kier molecular flexibility index (Phi) is 4.10. The third-order valence-electron chi connectivity index (χ3n) is 7.81. The first-order valence-electron chi connectivity index (χ1n) is 10.5. The average molecular weight is 404 g/mol. The predicted molar refractivity (Wildman–Crippen MR) is 107 cm³/mol. The number of amides is 1. The molecule has 5 aliphatic rings. The van der Waals surface area contributed by atoms with E-state index in [0.717, 1.165) is 25.0 Å². The maximum atomic E-state index is 13.4. The number of hydrogen-bond acceptors (Lipinski definition) is 4. The highest BCUT2D eigenvalue weighted by atomic mass is 32.2. The SMILES string of the molecule is COc1ccc(C23C[C@H]4C[C@@H](CC(C(=O)N[C@@H]5CCS(=O)(=O)C5)(C4)C2)C3)cc1. The fourth-order valence-corrected chi connectivity index (χ4v) is 8.73. The molecule has 0 aromatic heterocycles. The largest absolute Gasteiger partial charge is 0.497 e. The number of methoxy groups -OCH3 is 1. The van der Waals surface area contributed by atoms with Crippen LogP contribution in [-0.4, -0.2) is 39.0 Å². The summed E-state index contributed by atoms with van der Waals surface area (Å²) in [5, 5.41) is 3.14. The summed E-state index contributed by atoms with van der Waals surface area (Å²) in [5.41, 5.74) is 1.09. The molecule has 5 fully saturated rings. The van der Waals surface area contributed by atoms with E-state index in [1.807, 2.05) is 12.1 Å². The molecule has 4 bridgehead atoms. The smallest absolute Gasteiger partial charge is 0.226 e. The van der Waals surface area contributed by atoms with Gasteiger partial charge in [-0.15, -0.1) is 0 Å².